The molecule has 0 aliphatic heterocycles. The first-order chi connectivity index (χ1) is 9.81. The molecule has 0 saturated heterocycles. The van der Waals surface area contributed by atoms with Crippen LogP contribution >= 0.6 is 11.8 Å². The Bertz CT molecular complexity index is 515. The van der Waals surface area contributed by atoms with Crippen molar-refractivity contribution in [2.45, 2.75) is 51.7 Å². The van der Waals surface area contributed by atoms with E-state index in [1.165, 1.54) is 12.5 Å². The molecule has 1 aromatic carbocycles. The molecule has 1 atom stereocenters. The molecule has 0 heterocycles. The monoisotopic (exact) mass is 308 g/mol. The van der Waals surface area contributed by atoms with Crippen molar-refractivity contribution < 1.29 is 9.59 Å². The number of hydrogen-bond donors (Lipinski definition) is 2. The first-order valence-corrected chi connectivity index (χ1v) is 8.14. The van der Waals surface area contributed by atoms with Crippen LogP contribution in [0.3, 0.4) is 0 Å². The lowest BCUT2D eigenvalue weighted by Gasteiger charge is -2.16. The molecule has 1 aromatic rings. The molecule has 2 amide bonds. The summed E-state index contributed by atoms with van der Waals surface area (Å²) >= 11 is 1.87. The fourth-order valence-corrected chi connectivity index (χ4v) is 2.67. The number of carbonyl (C=O) groups is 2. The summed E-state index contributed by atoms with van der Waals surface area (Å²) in [5.41, 5.74) is 3.10. The second-order valence-electron chi connectivity index (χ2n) is 5.36. The normalized spacial score (nSPS) is 12.1. The van der Waals surface area contributed by atoms with Gasteiger partial charge in [0.05, 0.1) is 0 Å². The van der Waals surface area contributed by atoms with Crippen LogP contribution in [-0.4, -0.2) is 23.1 Å². The number of anilines is 1. The number of amides is 2. The van der Waals surface area contributed by atoms with Crippen LogP contribution in [-0.2, 0) is 15.3 Å². The molecule has 0 radical (unpaired) electrons. The van der Waals surface area contributed by atoms with Gasteiger partial charge in [-0.15, -0.1) is 0 Å². The van der Waals surface area contributed by atoms with Gasteiger partial charge in [-0.25, -0.2) is 0 Å². The highest BCUT2D eigenvalue weighted by Crippen LogP contribution is 2.24. The lowest BCUT2D eigenvalue weighted by atomic mass is 10.1. The molecule has 0 aromatic heterocycles. The zero-order valence-electron chi connectivity index (χ0n) is 13.3. The molecule has 0 bridgehead atoms. The number of nitrogens with one attached hydrogen (secondary N) is 2. The first-order valence-electron chi connectivity index (χ1n) is 7.09. The zero-order valence-corrected chi connectivity index (χ0v) is 14.1. The highest BCUT2D eigenvalue weighted by molar-refractivity contribution is 7.99. The smallest absolute Gasteiger partial charge is 0.246 e. The summed E-state index contributed by atoms with van der Waals surface area (Å²) < 4.78 is 0. The van der Waals surface area contributed by atoms with Crippen LogP contribution in [0.1, 0.15) is 38.8 Å². The van der Waals surface area contributed by atoms with Crippen LogP contribution in [0, 0.1) is 6.92 Å². The number of carbonyl (C=O) groups excluding carboxylic acids is 2. The predicted molar refractivity (Wildman–Crippen MR) is 89.5 cm³/mol. The summed E-state index contributed by atoms with van der Waals surface area (Å²) in [4.78, 5) is 23.0. The van der Waals surface area contributed by atoms with Crippen LogP contribution in [0.15, 0.2) is 18.2 Å². The fraction of sp³-hybridized carbons (Fsp3) is 0.500. The number of thioether (sulfide) groups is 1. The van der Waals surface area contributed by atoms with Gasteiger partial charge in [-0.3, -0.25) is 9.59 Å². The van der Waals surface area contributed by atoms with Gasteiger partial charge in [0, 0.05) is 18.4 Å². The van der Waals surface area contributed by atoms with E-state index in [1.807, 2.05) is 30.8 Å². The maximum Gasteiger partial charge on any atom is 0.246 e. The van der Waals surface area contributed by atoms with Gasteiger partial charge in [-0.1, -0.05) is 26.0 Å². The van der Waals surface area contributed by atoms with Crippen molar-refractivity contribution in [2.75, 3.05) is 5.32 Å². The van der Waals surface area contributed by atoms with Crippen molar-refractivity contribution >= 4 is 29.3 Å². The Morgan fingerprint density at radius 3 is 2.48 bits per heavy atom. The van der Waals surface area contributed by atoms with E-state index in [0.29, 0.717) is 5.25 Å². The molecule has 1 rings (SSSR count). The number of rotatable bonds is 6. The Balaban J connectivity index is 2.77. The van der Waals surface area contributed by atoms with E-state index in [2.05, 4.69) is 30.5 Å². The van der Waals surface area contributed by atoms with E-state index in [1.54, 1.807) is 6.92 Å². The summed E-state index contributed by atoms with van der Waals surface area (Å²) in [5, 5.41) is 6.03. The van der Waals surface area contributed by atoms with Crippen molar-refractivity contribution in [2.24, 2.45) is 0 Å². The third-order valence-electron chi connectivity index (χ3n) is 3.09. The lowest BCUT2D eigenvalue weighted by molar-refractivity contribution is -0.124. The van der Waals surface area contributed by atoms with Crippen molar-refractivity contribution in [1.29, 1.82) is 0 Å². The molecule has 0 aliphatic carbocycles. The second kappa shape index (κ2) is 8.08. The van der Waals surface area contributed by atoms with Crippen molar-refractivity contribution in [1.82, 2.24) is 5.32 Å². The Morgan fingerprint density at radius 1 is 1.24 bits per heavy atom. The van der Waals surface area contributed by atoms with E-state index in [9.17, 15) is 9.59 Å². The van der Waals surface area contributed by atoms with Gasteiger partial charge in [0.15, 0.2) is 0 Å². The Hall–Kier alpha value is -1.49. The van der Waals surface area contributed by atoms with Gasteiger partial charge in [-0.2, -0.15) is 11.8 Å². The van der Waals surface area contributed by atoms with E-state index >= 15 is 0 Å². The topological polar surface area (TPSA) is 58.2 Å². The van der Waals surface area contributed by atoms with E-state index < -0.39 is 6.04 Å². The first kappa shape index (κ1) is 17.6. The molecule has 21 heavy (non-hydrogen) atoms. The SMILES string of the molecule is CC(=O)N[C@H](C)C(=O)Nc1cccc(CSC(C)C)c1C. The molecule has 0 unspecified atom stereocenters. The minimum atomic E-state index is -0.546. The molecule has 4 nitrogen and oxygen atoms in total. The van der Waals surface area contributed by atoms with Crippen molar-refractivity contribution in [3.8, 4) is 0 Å². The van der Waals surface area contributed by atoms with E-state index in [-0.39, 0.29) is 11.8 Å². The van der Waals surface area contributed by atoms with Crippen LogP contribution in [0.5, 0.6) is 0 Å². The summed E-state index contributed by atoms with van der Waals surface area (Å²) in [6.45, 7) is 9.42. The molecule has 5 heteroatoms. The molecular weight excluding hydrogens is 284 g/mol. The minimum absolute atomic E-state index is 0.207. The zero-order chi connectivity index (χ0) is 16.0. The maximum absolute atomic E-state index is 12.0. The fourth-order valence-electron chi connectivity index (χ4n) is 1.84. The van der Waals surface area contributed by atoms with E-state index in [4.69, 9.17) is 0 Å². The third kappa shape index (κ3) is 5.79. The molecular formula is C16H24N2O2S. The van der Waals surface area contributed by atoms with Crippen LogP contribution in [0.4, 0.5) is 5.69 Å². The average molecular weight is 308 g/mol. The number of hydrogen-bond acceptors (Lipinski definition) is 3. The highest BCUT2D eigenvalue weighted by Gasteiger charge is 2.15. The Labute approximate surface area is 131 Å². The largest absolute Gasteiger partial charge is 0.345 e. The standard InChI is InChI=1S/C16H24N2O2S/c1-10(2)21-9-14-7-6-8-15(11(14)3)18-16(20)12(4)17-13(5)19/h6-8,10,12H,9H2,1-5H3,(H,17,19)(H,18,20)/t12-/m1/s1. The summed E-state index contributed by atoms with van der Waals surface area (Å²) in [5.74, 6) is 0.507. The summed E-state index contributed by atoms with van der Waals surface area (Å²) in [7, 11) is 0. The molecule has 2 N–H and O–H groups in total. The lowest BCUT2D eigenvalue weighted by Crippen LogP contribution is -2.40. The third-order valence-corrected chi connectivity index (χ3v) is 4.23. The van der Waals surface area contributed by atoms with Crippen LogP contribution < -0.4 is 10.6 Å². The molecule has 116 valence electrons. The van der Waals surface area contributed by atoms with Crippen molar-refractivity contribution in [3.63, 3.8) is 0 Å². The molecule has 0 aliphatic rings. The average Bonchev–Trinajstić information content (AvgIpc) is 2.38. The van der Waals surface area contributed by atoms with E-state index in [0.717, 1.165) is 17.0 Å². The van der Waals surface area contributed by atoms with Crippen LogP contribution in [0.2, 0.25) is 0 Å². The van der Waals surface area contributed by atoms with Gasteiger partial charge in [0.2, 0.25) is 11.8 Å². The number of benzene rings is 1. The maximum atomic E-state index is 12.0. The molecule has 0 saturated carbocycles. The predicted octanol–water partition coefficient (Wildman–Crippen LogP) is 3.10. The second-order valence-corrected chi connectivity index (χ2v) is 6.93. The quantitative estimate of drug-likeness (QED) is 0.849. The summed E-state index contributed by atoms with van der Waals surface area (Å²) in [6, 6.07) is 5.37. The molecule has 0 fully saturated rings. The van der Waals surface area contributed by atoms with Crippen molar-refractivity contribution in [3.05, 3.63) is 29.3 Å². The van der Waals surface area contributed by atoms with Gasteiger partial charge < -0.3 is 10.6 Å². The summed E-state index contributed by atoms with van der Waals surface area (Å²) in [6.07, 6.45) is 0. The Kier molecular flexibility index (Phi) is 6.75. The van der Waals surface area contributed by atoms with Gasteiger partial charge in [-0.05, 0) is 36.3 Å². The minimum Gasteiger partial charge on any atom is -0.345 e. The Morgan fingerprint density at radius 2 is 1.90 bits per heavy atom. The van der Waals surface area contributed by atoms with Crippen LogP contribution in [0.25, 0.3) is 0 Å². The highest BCUT2D eigenvalue weighted by atomic mass is 32.2. The molecule has 0 spiro atoms. The van der Waals surface area contributed by atoms with Gasteiger partial charge >= 0.3 is 0 Å². The van der Waals surface area contributed by atoms with Gasteiger partial charge in [0.25, 0.3) is 0 Å². The van der Waals surface area contributed by atoms with Gasteiger partial charge in [0.1, 0.15) is 6.04 Å².